The van der Waals surface area contributed by atoms with Crippen LogP contribution in [0.4, 0.5) is 0 Å². The van der Waals surface area contributed by atoms with Crippen LogP contribution < -0.4 is 0 Å². The van der Waals surface area contributed by atoms with Crippen LogP contribution in [0.15, 0.2) is 0 Å². The van der Waals surface area contributed by atoms with Crippen molar-refractivity contribution in [2.45, 2.75) is 471 Å². The summed E-state index contributed by atoms with van der Waals surface area (Å²) in [6.07, 6.45) is 53.8. The Bertz CT molecular complexity index is 2650. The molecule has 0 atom stereocenters. The maximum absolute atomic E-state index is 12.2. The number of ether oxygens (including phenoxy) is 12. The van der Waals surface area contributed by atoms with E-state index in [9.17, 15) is 57.5 Å². The predicted octanol–water partition coefficient (Wildman–Crippen LogP) is 24.1. The molecule has 0 rings (SSSR count). The van der Waals surface area contributed by atoms with Crippen molar-refractivity contribution in [3.05, 3.63) is 0 Å². The maximum atomic E-state index is 12.2. The Hall–Kier alpha value is -6.52. The maximum Gasteiger partial charge on any atom is 0.311 e. The molecule has 818 valence electrons. The number of rotatable bonds is 90. The molecule has 0 aromatic carbocycles. The van der Waals surface area contributed by atoms with Gasteiger partial charge in [-0.1, -0.05) is 293 Å². The van der Waals surface area contributed by atoms with E-state index in [0.717, 1.165) is 154 Å². The van der Waals surface area contributed by atoms with Crippen LogP contribution in [0.25, 0.3) is 0 Å². The zero-order valence-corrected chi connectivity index (χ0v) is 92.2. The zero-order valence-electron chi connectivity index (χ0n) is 92.2. The molecule has 0 amide bonds. The van der Waals surface area contributed by atoms with E-state index >= 15 is 0 Å². The standard InChI is InChI=1S/C36H69NO6.C30H57NO6.C24H45NO6.C21H39NO6/c1-4-7-10-13-16-19-22-25-34(38)41-31-28-37(29-32-42-35(39)26-23-20-17-14-11-8-5-2)30-33-43-36(40)27-24-21-18-15-12-9-6-3;1-4-7-10-13-16-19-28(32)35-25-22-31(23-26-36-29(33)20-17-14-11-8-5-2)24-27-37-30(34)21-18-15-12-9-6-3;1-4-7-10-13-22(26)29-19-16-25(17-20-30-23(27)14-11-8-5-2)18-21-31-24(28)15-12-9-6-3;1-19(2,3)16(23)26-13-10-22(11-14-27-17(24)20(4,5)6)12-15-28-18(25)21(7,8)9/h4-33H2,1-3H3;4-27H2,1-3H3;4-21H2,1-3H3;10-15H2,1-9H3. The first-order valence-corrected chi connectivity index (χ1v) is 55.5. The van der Waals surface area contributed by atoms with E-state index < -0.39 is 16.2 Å². The molecule has 0 saturated carbocycles. The lowest BCUT2D eigenvalue weighted by molar-refractivity contribution is -0.155. The van der Waals surface area contributed by atoms with E-state index in [0.29, 0.717) is 136 Å². The summed E-state index contributed by atoms with van der Waals surface area (Å²) < 4.78 is 64.5. The van der Waals surface area contributed by atoms with Crippen LogP contribution in [0.1, 0.15) is 471 Å². The summed E-state index contributed by atoms with van der Waals surface area (Å²) in [6, 6.07) is 0. The van der Waals surface area contributed by atoms with Crippen molar-refractivity contribution in [1.82, 2.24) is 19.6 Å². The van der Waals surface area contributed by atoms with Gasteiger partial charge in [0.15, 0.2) is 0 Å². The van der Waals surface area contributed by atoms with E-state index in [-0.39, 0.29) is 151 Å². The summed E-state index contributed by atoms with van der Waals surface area (Å²) in [5, 5.41) is 0. The SMILES string of the molecule is CC(C)(C)C(=O)OCCN(CCOC(=O)C(C)(C)C)CCOC(=O)C(C)(C)C.CCCCCC(=O)OCCN(CCOC(=O)CCCCC)CCOC(=O)CCCCC.CCCCCCCC(=O)OCCN(CCOC(=O)CCCCCCC)CCOC(=O)CCCCCCC.CCCCCCCCCC(=O)OCCN(CCOC(=O)CCCCCCCCC)CCOC(=O)CCCCCCCCC. The molecule has 0 unspecified atom stereocenters. The molecule has 0 aromatic heterocycles. The van der Waals surface area contributed by atoms with Crippen molar-refractivity contribution in [1.29, 1.82) is 0 Å². The van der Waals surface area contributed by atoms with Crippen LogP contribution in [-0.4, -0.2) is 249 Å². The van der Waals surface area contributed by atoms with Gasteiger partial charge in [-0.15, -0.1) is 0 Å². The van der Waals surface area contributed by atoms with E-state index in [1.54, 1.807) is 62.3 Å². The summed E-state index contributed by atoms with van der Waals surface area (Å²) in [5.74, 6) is -2.33. The fourth-order valence-corrected chi connectivity index (χ4v) is 13.9. The molecule has 0 aliphatic carbocycles. The van der Waals surface area contributed by atoms with Crippen molar-refractivity contribution in [2.75, 3.05) is 158 Å². The Morgan fingerprint density at radius 3 is 0.353 bits per heavy atom. The van der Waals surface area contributed by atoms with Gasteiger partial charge in [-0.05, 0) is 120 Å². The number of carbonyl (C=O) groups excluding carboxylic acids is 12. The van der Waals surface area contributed by atoms with Gasteiger partial charge in [-0.3, -0.25) is 77.1 Å². The monoisotopic (exact) mass is 1980 g/mol. The van der Waals surface area contributed by atoms with Crippen LogP contribution in [0.5, 0.6) is 0 Å². The van der Waals surface area contributed by atoms with Crippen molar-refractivity contribution in [3.8, 4) is 0 Å². The molecule has 0 aliphatic heterocycles. The molecule has 0 fully saturated rings. The quantitative estimate of drug-likeness (QED) is 0.0310. The summed E-state index contributed by atoms with van der Waals surface area (Å²) in [6.45, 7) is 44.8. The second-order valence-electron chi connectivity index (χ2n) is 40.0. The number of unbranched alkanes of at least 4 members (excludes halogenated alkanes) is 36. The fourth-order valence-electron chi connectivity index (χ4n) is 13.9. The zero-order chi connectivity index (χ0) is 104. The summed E-state index contributed by atoms with van der Waals surface area (Å²) >= 11 is 0. The third-order valence-electron chi connectivity index (χ3n) is 23.2. The molecule has 28 heteroatoms. The van der Waals surface area contributed by atoms with Gasteiger partial charge < -0.3 is 56.8 Å². The number of hydrogen-bond acceptors (Lipinski definition) is 28. The van der Waals surface area contributed by atoms with Crippen molar-refractivity contribution in [2.24, 2.45) is 16.2 Å². The molecule has 0 heterocycles. The third kappa shape index (κ3) is 103. The van der Waals surface area contributed by atoms with Crippen LogP contribution in [0.3, 0.4) is 0 Å². The van der Waals surface area contributed by atoms with Gasteiger partial charge in [0.2, 0.25) is 0 Å². The van der Waals surface area contributed by atoms with Crippen molar-refractivity contribution in [3.63, 3.8) is 0 Å². The van der Waals surface area contributed by atoms with Crippen LogP contribution in [-0.2, 0) is 114 Å². The van der Waals surface area contributed by atoms with E-state index in [2.05, 4.69) is 62.3 Å². The van der Waals surface area contributed by atoms with Crippen LogP contribution in [0.2, 0.25) is 0 Å². The number of carbonyl (C=O) groups is 12. The highest BCUT2D eigenvalue weighted by Gasteiger charge is 2.27. The van der Waals surface area contributed by atoms with Crippen molar-refractivity contribution >= 4 is 71.6 Å². The average Bonchev–Trinajstić information content (AvgIpc) is 0.883. The van der Waals surface area contributed by atoms with Gasteiger partial charge >= 0.3 is 71.6 Å². The summed E-state index contributed by atoms with van der Waals surface area (Å²) in [7, 11) is 0. The normalized spacial score (nSPS) is 11.4. The van der Waals surface area contributed by atoms with Gasteiger partial charge in [0.05, 0.1) is 16.2 Å². The predicted molar refractivity (Wildman–Crippen MR) is 556 cm³/mol. The van der Waals surface area contributed by atoms with Crippen molar-refractivity contribution < 1.29 is 114 Å². The molecule has 0 saturated heterocycles. The highest BCUT2D eigenvalue weighted by molar-refractivity contribution is 5.77. The van der Waals surface area contributed by atoms with Crippen LogP contribution in [0, 0.1) is 16.2 Å². The molecule has 28 nitrogen and oxygen atoms in total. The molecule has 0 N–H and O–H groups in total. The Balaban J connectivity index is -0.000000885. The second-order valence-corrected chi connectivity index (χ2v) is 40.0. The lowest BCUT2D eigenvalue weighted by Crippen LogP contribution is -2.37. The highest BCUT2D eigenvalue weighted by atomic mass is 16.6. The Kier molecular flexibility index (Phi) is 100.0. The van der Waals surface area contributed by atoms with E-state index in [4.69, 9.17) is 56.8 Å². The van der Waals surface area contributed by atoms with Gasteiger partial charge in [0, 0.05) is 136 Å². The molecule has 0 aliphatic rings. The van der Waals surface area contributed by atoms with Gasteiger partial charge in [0.25, 0.3) is 0 Å². The second kappa shape index (κ2) is 100. The van der Waals surface area contributed by atoms with Crippen LogP contribution >= 0.6 is 0 Å². The summed E-state index contributed by atoms with van der Waals surface area (Å²) in [5.41, 5.74) is -1.68. The smallest absolute Gasteiger partial charge is 0.311 e. The average molecular weight is 1980 g/mol. The molecular weight excluding hydrogens is 1770 g/mol. The topological polar surface area (TPSA) is 329 Å². The Morgan fingerprint density at radius 2 is 0.237 bits per heavy atom. The molecule has 0 bridgehead atoms. The lowest BCUT2D eigenvalue weighted by Gasteiger charge is -2.25. The fraction of sp³-hybridized carbons (Fsp3) is 0.892. The minimum absolute atomic E-state index is 0.157. The minimum Gasteiger partial charge on any atom is -0.464 e. The Labute approximate surface area is 846 Å². The molecular formula is C111H210N4O24. The number of nitrogens with zero attached hydrogens (tertiary/aromatic N) is 4. The van der Waals surface area contributed by atoms with E-state index in [1.165, 1.54) is 135 Å². The molecule has 0 spiro atoms. The lowest BCUT2D eigenvalue weighted by atomic mass is 9.97. The minimum atomic E-state index is -0.560. The highest BCUT2D eigenvalue weighted by Crippen LogP contribution is 2.20. The first-order chi connectivity index (χ1) is 66.6. The van der Waals surface area contributed by atoms with Gasteiger partial charge in [-0.2, -0.15) is 0 Å². The first-order valence-electron chi connectivity index (χ1n) is 55.5. The molecule has 0 aromatic rings. The number of esters is 12. The Morgan fingerprint density at radius 1 is 0.144 bits per heavy atom. The molecule has 0 radical (unpaired) electrons. The summed E-state index contributed by atoms with van der Waals surface area (Å²) in [4.78, 5) is 152. The van der Waals surface area contributed by atoms with Gasteiger partial charge in [-0.25, -0.2) is 0 Å². The van der Waals surface area contributed by atoms with E-state index in [1.807, 2.05) is 19.6 Å². The first kappa shape index (κ1) is 139. The number of hydrogen-bond donors (Lipinski definition) is 0. The largest absolute Gasteiger partial charge is 0.464 e. The van der Waals surface area contributed by atoms with Gasteiger partial charge in [0.1, 0.15) is 79.3 Å². The third-order valence-corrected chi connectivity index (χ3v) is 23.2. The molecule has 139 heavy (non-hydrogen) atoms.